The Morgan fingerprint density at radius 2 is 1.43 bits per heavy atom. The van der Waals surface area contributed by atoms with E-state index >= 15 is 0 Å². The van der Waals surface area contributed by atoms with Gasteiger partial charge in [-0.2, -0.15) is 0 Å². The molecule has 1 aliphatic rings. The number of amides is 2. The Balaban J connectivity index is 2.11. The second-order valence-corrected chi connectivity index (χ2v) is 7.14. The lowest BCUT2D eigenvalue weighted by Gasteiger charge is -2.29. The molecule has 0 saturated carbocycles. The second kappa shape index (κ2) is 8.54. The fourth-order valence-electron chi connectivity index (χ4n) is 3.29. The van der Waals surface area contributed by atoms with Gasteiger partial charge in [-0.1, -0.05) is 6.07 Å². The molecule has 1 fully saturated rings. The molecule has 8 heteroatoms. The van der Waals surface area contributed by atoms with Crippen molar-refractivity contribution in [3.05, 3.63) is 52.6 Å². The van der Waals surface area contributed by atoms with Crippen LogP contribution in [0.3, 0.4) is 0 Å². The van der Waals surface area contributed by atoms with Crippen molar-refractivity contribution < 1.29 is 23.8 Å². The Bertz CT molecular complexity index is 1060. The standard InChI is InChI=1S/C22H22N2O5S/c1-12-6-13(2)8-15(7-12)24-21(26)16(20(25)23-22(24)30)9-14-10-18(28-4)19(29-5)11-17(14)27-3/h6-11H,1-5H3,(H,23,25,30). The highest BCUT2D eigenvalue weighted by molar-refractivity contribution is 7.80. The van der Waals surface area contributed by atoms with Gasteiger partial charge in [-0.3, -0.25) is 19.8 Å². The van der Waals surface area contributed by atoms with E-state index in [4.69, 9.17) is 26.4 Å². The fraction of sp³-hybridized carbons (Fsp3) is 0.227. The summed E-state index contributed by atoms with van der Waals surface area (Å²) in [4.78, 5) is 27.2. The first kappa shape index (κ1) is 21.3. The summed E-state index contributed by atoms with van der Waals surface area (Å²) in [5.41, 5.74) is 2.96. The highest BCUT2D eigenvalue weighted by Gasteiger charge is 2.35. The molecule has 2 amide bonds. The first-order valence-electron chi connectivity index (χ1n) is 9.08. The lowest BCUT2D eigenvalue weighted by atomic mass is 10.0. The maximum Gasteiger partial charge on any atom is 0.270 e. The molecule has 0 atom stereocenters. The number of nitrogens with zero attached hydrogens (tertiary/aromatic N) is 1. The highest BCUT2D eigenvalue weighted by Crippen LogP contribution is 2.36. The number of nitrogens with one attached hydrogen (secondary N) is 1. The number of hydrogen-bond acceptors (Lipinski definition) is 6. The molecule has 2 aromatic rings. The molecule has 156 valence electrons. The van der Waals surface area contributed by atoms with Crippen LogP contribution >= 0.6 is 12.2 Å². The highest BCUT2D eigenvalue weighted by atomic mass is 32.1. The third-order valence-corrected chi connectivity index (χ3v) is 4.89. The first-order valence-corrected chi connectivity index (χ1v) is 9.49. The lowest BCUT2D eigenvalue weighted by molar-refractivity contribution is -0.122. The van der Waals surface area contributed by atoms with Gasteiger partial charge in [0.25, 0.3) is 11.8 Å². The van der Waals surface area contributed by atoms with Crippen LogP contribution in [0.25, 0.3) is 6.08 Å². The zero-order chi connectivity index (χ0) is 22.0. The molecule has 0 unspecified atom stereocenters. The summed E-state index contributed by atoms with van der Waals surface area (Å²) in [5, 5.41) is 2.62. The molecule has 7 nitrogen and oxygen atoms in total. The molecule has 1 heterocycles. The molecule has 1 N–H and O–H groups in total. The van der Waals surface area contributed by atoms with Crippen molar-refractivity contribution in [3.8, 4) is 17.2 Å². The van der Waals surface area contributed by atoms with Gasteiger partial charge in [0, 0.05) is 11.6 Å². The molecule has 0 aromatic heterocycles. The Labute approximate surface area is 180 Å². The smallest absolute Gasteiger partial charge is 0.270 e. The van der Waals surface area contributed by atoms with Crippen LogP contribution in [0.1, 0.15) is 16.7 Å². The van der Waals surface area contributed by atoms with E-state index in [1.54, 1.807) is 12.1 Å². The van der Waals surface area contributed by atoms with Crippen LogP contribution in [0.15, 0.2) is 35.9 Å². The van der Waals surface area contributed by atoms with Gasteiger partial charge in [0.05, 0.1) is 27.0 Å². The third-order valence-electron chi connectivity index (χ3n) is 4.60. The van der Waals surface area contributed by atoms with Crippen LogP contribution in [0, 0.1) is 13.8 Å². The average molecular weight is 426 g/mol. The number of methoxy groups -OCH3 is 3. The summed E-state index contributed by atoms with van der Waals surface area (Å²) in [5.74, 6) is 0.226. The summed E-state index contributed by atoms with van der Waals surface area (Å²) in [7, 11) is 4.50. The molecule has 0 spiro atoms. The number of ether oxygens (including phenoxy) is 3. The maximum atomic E-state index is 13.3. The van der Waals surface area contributed by atoms with Crippen LogP contribution in [0.4, 0.5) is 5.69 Å². The lowest BCUT2D eigenvalue weighted by Crippen LogP contribution is -2.54. The van der Waals surface area contributed by atoms with Gasteiger partial charge in [-0.05, 0) is 61.5 Å². The van der Waals surface area contributed by atoms with Crippen molar-refractivity contribution >= 4 is 40.9 Å². The van der Waals surface area contributed by atoms with Crippen molar-refractivity contribution in [1.82, 2.24) is 5.32 Å². The first-order chi connectivity index (χ1) is 14.3. The van der Waals surface area contributed by atoms with E-state index in [9.17, 15) is 9.59 Å². The number of anilines is 1. The Morgan fingerprint density at radius 1 is 0.867 bits per heavy atom. The van der Waals surface area contributed by atoms with Crippen molar-refractivity contribution in [2.45, 2.75) is 13.8 Å². The zero-order valence-corrected chi connectivity index (χ0v) is 18.2. The summed E-state index contributed by atoms with van der Waals surface area (Å²) in [6.45, 7) is 3.86. The van der Waals surface area contributed by atoms with Gasteiger partial charge < -0.3 is 14.2 Å². The van der Waals surface area contributed by atoms with E-state index in [1.165, 1.54) is 32.3 Å². The molecular formula is C22H22N2O5S. The van der Waals surface area contributed by atoms with E-state index in [2.05, 4.69) is 5.32 Å². The minimum absolute atomic E-state index is 0.0337. The van der Waals surface area contributed by atoms with Gasteiger partial charge in [-0.15, -0.1) is 0 Å². The van der Waals surface area contributed by atoms with Crippen LogP contribution in [-0.2, 0) is 9.59 Å². The van der Waals surface area contributed by atoms with E-state index in [-0.39, 0.29) is 10.7 Å². The Kier molecular flexibility index (Phi) is 6.07. The fourth-order valence-corrected chi connectivity index (χ4v) is 3.57. The number of rotatable bonds is 5. The second-order valence-electron chi connectivity index (χ2n) is 6.75. The largest absolute Gasteiger partial charge is 0.496 e. The van der Waals surface area contributed by atoms with Crippen LogP contribution < -0.4 is 24.4 Å². The molecule has 3 rings (SSSR count). The molecule has 0 radical (unpaired) electrons. The van der Waals surface area contributed by atoms with E-state index in [1.807, 2.05) is 32.0 Å². The van der Waals surface area contributed by atoms with Gasteiger partial charge in [0.15, 0.2) is 16.6 Å². The summed E-state index contributed by atoms with van der Waals surface area (Å²) < 4.78 is 16.0. The minimum Gasteiger partial charge on any atom is -0.496 e. The molecular weight excluding hydrogens is 404 g/mol. The zero-order valence-electron chi connectivity index (χ0n) is 17.4. The Hall–Kier alpha value is -3.39. The monoisotopic (exact) mass is 426 g/mol. The number of hydrogen-bond donors (Lipinski definition) is 1. The minimum atomic E-state index is -0.581. The molecule has 0 bridgehead atoms. The van der Waals surface area contributed by atoms with Crippen LogP contribution in [0.5, 0.6) is 17.2 Å². The number of carbonyl (C=O) groups is 2. The van der Waals surface area contributed by atoms with Crippen molar-refractivity contribution in [2.75, 3.05) is 26.2 Å². The molecule has 1 saturated heterocycles. The van der Waals surface area contributed by atoms with Crippen molar-refractivity contribution in [1.29, 1.82) is 0 Å². The number of carbonyl (C=O) groups excluding carboxylic acids is 2. The van der Waals surface area contributed by atoms with Crippen LogP contribution in [0.2, 0.25) is 0 Å². The predicted molar refractivity (Wildman–Crippen MR) is 118 cm³/mol. The summed E-state index contributed by atoms with van der Waals surface area (Å²) in [6, 6.07) is 8.93. The molecule has 30 heavy (non-hydrogen) atoms. The topological polar surface area (TPSA) is 77.1 Å². The number of thiocarbonyl (C=S) groups is 1. The average Bonchev–Trinajstić information content (AvgIpc) is 2.69. The van der Waals surface area contributed by atoms with E-state index in [0.29, 0.717) is 28.5 Å². The third kappa shape index (κ3) is 3.99. The van der Waals surface area contributed by atoms with Crippen molar-refractivity contribution in [2.24, 2.45) is 0 Å². The Morgan fingerprint density at radius 3 is 2.00 bits per heavy atom. The maximum absolute atomic E-state index is 13.3. The quantitative estimate of drug-likeness (QED) is 0.450. The van der Waals surface area contributed by atoms with E-state index in [0.717, 1.165) is 11.1 Å². The van der Waals surface area contributed by atoms with Gasteiger partial charge in [0.2, 0.25) is 0 Å². The normalized spacial score (nSPS) is 15.3. The van der Waals surface area contributed by atoms with Gasteiger partial charge in [-0.25, -0.2) is 0 Å². The molecule has 2 aromatic carbocycles. The number of benzene rings is 2. The van der Waals surface area contributed by atoms with Crippen molar-refractivity contribution in [3.63, 3.8) is 0 Å². The predicted octanol–water partition coefficient (Wildman–Crippen LogP) is 3.16. The summed E-state index contributed by atoms with van der Waals surface area (Å²) in [6.07, 6.45) is 1.45. The number of aryl methyl sites for hydroxylation is 2. The van der Waals surface area contributed by atoms with Gasteiger partial charge >= 0.3 is 0 Å². The van der Waals surface area contributed by atoms with E-state index < -0.39 is 11.8 Å². The van der Waals surface area contributed by atoms with Crippen LogP contribution in [-0.4, -0.2) is 38.3 Å². The molecule has 0 aliphatic carbocycles. The molecule has 1 aliphatic heterocycles. The SMILES string of the molecule is COc1cc(OC)c(OC)cc1C=C1C(=O)NC(=S)N(c2cc(C)cc(C)c2)C1=O. The summed E-state index contributed by atoms with van der Waals surface area (Å²) >= 11 is 5.27. The van der Waals surface area contributed by atoms with Gasteiger partial charge in [0.1, 0.15) is 11.3 Å².